The van der Waals surface area contributed by atoms with Gasteiger partial charge in [-0.15, -0.1) is 0 Å². The van der Waals surface area contributed by atoms with Crippen molar-refractivity contribution in [2.45, 2.75) is 32.2 Å². The van der Waals surface area contributed by atoms with Gasteiger partial charge in [-0.2, -0.15) is 0 Å². The molecule has 0 aromatic heterocycles. The van der Waals surface area contributed by atoms with Crippen LogP contribution in [0.3, 0.4) is 0 Å². The zero-order valence-electron chi connectivity index (χ0n) is 11.5. The van der Waals surface area contributed by atoms with Crippen LogP contribution in [0.4, 0.5) is 0 Å². The van der Waals surface area contributed by atoms with Crippen molar-refractivity contribution in [2.75, 3.05) is 21.3 Å². The number of methoxy groups -OCH3 is 2. The van der Waals surface area contributed by atoms with Crippen molar-refractivity contribution >= 4 is 15.9 Å². The summed E-state index contributed by atoms with van der Waals surface area (Å²) < 4.78 is 11.7. The molecule has 0 aliphatic heterocycles. The predicted octanol–water partition coefficient (Wildman–Crippen LogP) is 3.92. The molecule has 0 spiro atoms. The average molecular weight is 316 g/mol. The highest BCUT2D eigenvalue weighted by Crippen LogP contribution is 2.37. The maximum Gasteiger partial charge on any atom is 0.133 e. The second kappa shape index (κ2) is 7.64. The summed E-state index contributed by atoms with van der Waals surface area (Å²) in [4.78, 5) is 0. The lowest BCUT2D eigenvalue weighted by Gasteiger charge is -2.20. The van der Waals surface area contributed by atoms with E-state index in [2.05, 4.69) is 28.2 Å². The van der Waals surface area contributed by atoms with E-state index in [1.807, 2.05) is 19.2 Å². The van der Waals surface area contributed by atoms with E-state index in [-0.39, 0.29) is 0 Å². The van der Waals surface area contributed by atoms with E-state index in [9.17, 15) is 0 Å². The van der Waals surface area contributed by atoms with Gasteiger partial charge >= 0.3 is 0 Å². The van der Waals surface area contributed by atoms with E-state index in [1.54, 1.807) is 14.2 Å². The van der Waals surface area contributed by atoms with Crippen LogP contribution in [0.15, 0.2) is 16.6 Å². The number of unbranched alkanes of at least 4 members (excludes halogenated alkanes) is 1. The van der Waals surface area contributed by atoms with Gasteiger partial charge in [-0.05, 0) is 41.5 Å². The molecule has 1 unspecified atom stereocenters. The summed E-state index contributed by atoms with van der Waals surface area (Å²) in [6.45, 7) is 2.20. The van der Waals surface area contributed by atoms with Crippen LogP contribution in [-0.4, -0.2) is 21.3 Å². The van der Waals surface area contributed by atoms with Crippen LogP contribution in [0.2, 0.25) is 0 Å². The first-order valence-electron chi connectivity index (χ1n) is 6.26. The molecule has 102 valence electrons. The third-order valence-electron chi connectivity index (χ3n) is 3.07. The molecule has 3 nitrogen and oxygen atoms in total. The summed E-state index contributed by atoms with van der Waals surface area (Å²) in [5.74, 6) is 1.72. The van der Waals surface area contributed by atoms with Crippen molar-refractivity contribution in [1.29, 1.82) is 0 Å². The normalized spacial score (nSPS) is 12.3. The number of rotatable bonds is 7. The topological polar surface area (TPSA) is 30.5 Å². The Bertz CT molecular complexity index is 382. The van der Waals surface area contributed by atoms with Crippen LogP contribution >= 0.6 is 15.9 Å². The Kier molecular flexibility index (Phi) is 6.50. The van der Waals surface area contributed by atoms with Crippen LogP contribution in [0.25, 0.3) is 0 Å². The first-order chi connectivity index (χ1) is 8.67. The third-order valence-corrected chi connectivity index (χ3v) is 3.69. The number of ether oxygens (including phenoxy) is 2. The van der Waals surface area contributed by atoms with E-state index < -0.39 is 0 Å². The fourth-order valence-electron chi connectivity index (χ4n) is 2.02. The minimum Gasteiger partial charge on any atom is -0.496 e. The van der Waals surface area contributed by atoms with Crippen molar-refractivity contribution in [1.82, 2.24) is 5.32 Å². The monoisotopic (exact) mass is 315 g/mol. The molecule has 0 saturated carbocycles. The van der Waals surface area contributed by atoms with Crippen molar-refractivity contribution in [3.8, 4) is 11.5 Å². The minimum atomic E-state index is 0.293. The fourth-order valence-corrected chi connectivity index (χ4v) is 2.50. The summed E-state index contributed by atoms with van der Waals surface area (Å²) in [7, 11) is 5.36. The molecule has 1 atom stereocenters. The molecule has 0 fully saturated rings. The molecule has 0 aliphatic rings. The van der Waals surface area contributed by atoms with Crippen molar-refractivity contribution < 1.29 is 9.47 Å². The number of hydrogen-bond acceptors (Lipinski definition) is 3. The molecular weight excluding hydrogens is 294 g/mol. The van der Waals surface area contributed by atoms with Gasteiger partial charge in [0.25, 0.3) is 0 Å². The highest BCUT2D eigenvalue weighted by Gasteiger charge is 2.17. The van der Waals surface area contributed by atoms with E-state index in [0.29, 0.717) is 6.04 Å². The van der Waals surface area contributed by atoms with Crippen LogP contribution in [0.1, 0.15) is 37.8 Å². The zero-order valence-corrected chi connectivity index (χ0v) is 13.1. The molecule has 1 rings (SSSR count). The average Bonchev–Trinajstić information content (AvgIpc) is 2.40. The van der Waals surface area contributed by atoms with Gasteiger partial charge in [0.1, 0.15) is 11.5 Å². The number of halogens is 1. The lowest BCUT2D eigenvalue weighted by atomic mass is 10.00. The zero-order chi connectivity index (χ0) is 13.5. The SMILES string of the molecule is CCCCC(NC)c1cc(OC)c(Br)cc1OC. The Morgan fingerprint density at radius 2 is 1.89 bits per heavy atom. The molecule has 4 heteroatoms. The van der Waals surface area contributed by atoms with Crippen LogP contribution < -0.4 is 14.8 Å². The molecule has 0 radical (unpaired) electrons. The molecule has 0 bridgehead atoms. The van der Waals surface area contributed by atoms with Gasteiger partial charge in [-0.3, -0.25) is 0 Å². The standard InChI is InChI=1S/C14H22BrNO2/c1-5-6-7-12(16-2)10-8-14(18-4)11(15)9-13(10)17-3/h8-9,12,16H,5-7H2,1-4H3. The Morgan fingerprint density at radius 3 is 2.39 bits per heavy atom. The Morgan fingerprint density at radius 1 is 1.22 bits per heavy atom. The summed E-state index contributed by atoms with van der Waals surface area (Å²) in [5.41, 5.74) is 1.15. The molecule has 1 aromatic carbocycles. The maximum atomic E-state index is 5.46. The lowest BCUT2D eigenvalue weighted by molar-refractivity contribution is 0.386. The summed E-state index contributed by atoms with van der Waals surface area (Å²) in [5, 5.41) is 3.35. The van der Waals surface area contributed by atoms with Gasteiger partial charge in [0.2, 0.25) is 0 Å². The maximum absolute atomic E-state index is 5.46. The van der Waals surface area contributed by atoms with E-state index in [1.165, 1.54) is 12.8 Å². The minimum absolute atomic E-state index is 0.293. The number of benzene rings is 1. The van der Waals surface area contributed by atoms with Crippen molar-refractivity contribution in [3.05, 3.63) is 22.2 Å². The Balaban J connectivity index is 3.09. The van der Waals surface area contributed by atoms with Crippen LogP contribution in [0, 0.1) is 0 Å². The second-order valence-electron chi connectivity index (χ2n) is 4.21. The first-order valence-corrected chi connectivity index (χ1v) is 7.05. The lowest BCUT2D eigenvalue weighted by Crippen LogP contribution is -2.17. The predicted molar refractivity (Wildman–Crippen MR) is 78.6 cm³/mol. The molecule has 1 aromatic rings. The molecule has 0 aliphatic carbocycles. The van der Waals surface area contributed by atoms with Crippen molar-refractivity contribution in [3.63, 3.8) is 0 Å². The van der Waals surface area contributed by atoms with Gasteiger partial charge < -0.3 is 14.8 Å². The Hall–Kier alpha value is -0.740. The summed E-state index contributed by atoms with van der Waals surface area (Å²) in [6.07, 6.45) is 3.47. The van der Waals surface area contributed by atoms with Crippen molar-refractivity contribution in [2.24, 2.45) is 0 Å². The summed E-state index contributed by atoms with van der Waals surface area (Å²) in [6, 6.07) is 4.30. The molecule has 0 amide bonds. The van der Waals surface area contributed by atoms with Crippen LogP contribution in [0.5, 0.6) is 11.5 Å². The second-order valence-corrected chi connectivity index (χ2v) is 5.07. The van der Waals surface area contributed by atoms with Gasteiger partial charge in [0.15, 0.2) is 0 Å². The quantitative estimate of drug-likeness (QED) is 0.827. The summed E-state index contributed by atoms with van der Waals surface area (Å²) >= 11 is 3.48. The number of nitrogens with one attached hydrogen (secondary N) is 1. The van der Waals surface area contributed by atoms with Gasteiger partial charge in [-0.1, -0.05) is 19.8 Å². The molecular formula is C14H22BrNO2. The highest BCUT2D eigenvalue weighted by molar-refractivity contribution is 9.10. The fraction of sp³-hybridized carbons (Fsp3) is 0.571. The van der Waals surface area contributed by atoms with Crippen LogP contribution in [-0.2, 0) is 0 Å². The van der Waals surface area contributed by atoms with Gasteiger partial charge in [0, 0.05) is 11.6 Å². The first kappa shape index (κ1) is 15.3. The van der Waals surface area contributed by atoms with E-state index >= 15 is 0 Å². The van der Waals surface area contributed by atoms with E-state index in [0.717, 1.165) is 28.0 Å². The van der Waals surface area contributed by atoms with Gasteiger partial charge in [0.05, 0.1) is 18.7 Å². The Labute approximate surface area is 118 Å². The molecule has 0 saturated heterocycles. The molecule has 1 N–H and O–H groups in total. The van der Waals surface area contributed by atoms with E-state index in [4.69, 9.17) is 9.47 Å². The number of hydrogen-bond donors (Lipinski definition) is 1. The molecule has 0 heterocycles. The third kappa shape index (κ3) is 3.62. The van der Waals surface area contributed by atoms with Gasteiger partial charge in [-0.25, -0.2) is 0 Å². The molecule has 18 heavy (non-hydrogen) atoms. The highest BCUT2D eigenvalue weighted by atomic mass is 79.9. The smallest absolute Gasteiger partial charge is 0.133 e. The largest absolute Gasteiger partial charge is 0.496 e.